The Labute approximate surface area is 119 Å². The summed E-state index contributed by atoms with van der Waals surface area (Å²) < 4.78 is 0. The highest BCUT2D eigenvalue weighted by molar-refractivity contribution is 7.99. The predicted octanol–water partition coefficient (Wildman–Crippen LogP) is 4.84. The third-order valence-corrected chi connectivity index (χ3v) is 3.73. The Hall–Kier alpha value is -1.16. The molecule has 1 N–H and O–H groups in total. The van der Waals surface area contributed by atoms with Gasteiger partial charge in [0.2, 0.25) is 0 Å². The van der Waals surface area contributed by atoms with Gasteiger partial charge in [0.25, 0.3) is 0 Å². The first-order valence-electron chi connectivity index (χ1n) is 5.02. The van der Waals surface area contributed by atoms with Crippen molar-refractivity contribution in [3.63, 3.8) is 0 Å². The van der Waals surface area contributed by atoms with Crippen molar-refractivity contribution >= 4 is 40.9 Å². The SMILES string of the molecule is O=C(O)c1cc(Cl)ccc1Sc1cccc(Cl)c1. The van der Waals surface area contributed by atoms with E-state index in [9.17, 15) is 4.79 Å². The molecule has 0 spiro atoms. The highest BCUT2D eigenvalue weighted by atomic mass is 35.5. The first-order valence-corrected chi connectivity index (χ1v) is 6.60. The number of benzene rings is 2. The van der Waals surface area contributed by atoms with E-state index in [1.807, 2.05) is 12.1 Å². The van der Waals surface area contributed by atoms with Crippen LogP contribution in [0.2, 0.25) is 10.0 Å². The lowest BCUT2D eigenvalue weighted by Crippen LogP contribution is -1.98. The summed E-state index contributed by atoms with van der Waals surface area (Å²) in [4.78, 5) is 12.6. The van der Waals surface area contributed by atoms with Gasteiger partial charge in [-0.3, -0.25) is 0 Å². The summed E-state index contributed by atoms with van der Waals surface area (Å²) in [5.74, 6) is -0.998. The molecule has 0 amide bonds. The summed E-state index contributed by atoms with van der Waals surface area (Å²) in [7, 11) is 0. The number of aromatic carboxylic acids is 1. The number of carbonyl (C=O) groups is 1. The van der Waals surface area contributed by atoms with Gasteiger partial charge in [-0.1, -0.05) is 41.0 Å². The van der Waals surface area contributed by atoms with Crippen molar-refractivity contribution in [2.24, 2.45) is 0 Å². The molecule has 2 aromatic rings. The molecule has 0 atom stereocenters. The van der Waals surface area contributed by atoms with Gasteiger partial charge in [-0.15, -0.1) is 0 Å². The van der Waals surface area contributed by atoms with Crippen LogP contribution >= 0.6 is 35.0 Å². The molecule has 0 saturated heterocycles. The normalized spacial score (nSPS) is 10.3. The highest BCUT2D eigenvalue weighted by Crippen LogP contribution is 2.33. The third kappa shape index (κ3) is 3.19. The predicted molar refractivity (Wildman–Crippen MR) is 74.0 cm³/mol. The van der Waals surface area contributed by atoms with Gasteiger partial charge in [-0.25, -0.2) is 4.79 Å². The fraction of sp³-hybridized carbons (Fsp3) is 0. The molecule has 2 rings (SSSR count). The molecule has 0 heterocycles. The lowest BCUT2D eigenvalue weighted by Gasteiger charge is -2.06. The minimum absolute atomic E-state index is 0.187. The quantitative estimate of drug-likeness (QED) is 0.881. The molecule has 0 aliphatic carbocycles. The molecule has 0 fully saturated rings. The van der Waals surface area contributed by atoms with Gasteiger partial charge in [-0.05, 0) is 36.4 Å². The van der Waals surface area contributed by atoms with Crippen molar-refractivity contribution in [3.8, 4) is 0 Å². The molecule has 0 radical (unpaired) electrons. The van der Waals surface area contributed by atoms with Crippen molar-refractivity contribution in [2.45, 2.75) is 9.79 Å². The fourth-order valence-electron chi connectivity index (χ4n) is 1.42. The van der Waals surface area contributed by atoms with E-state index < -0.39 is 5.97 Å². The Kier molecular flexibility index (Phi) is 4.17. The van der Waals surface area contributed by atoms with E-state index in [-0.39, 0.29) is 5.56 Å². The van der Waals surface area contributed by atoms with E-state index in [1.165, 1.54) is 17.8 Å². The summed E-state index contributed by atoms with van der Waals surface area (Å²) in [6, 6.07) is 12.0. The second-order valence-corrected chi connectivity index (χ2v) is 5.49. The molecule has 2 nitrogen and oxygen atoms in total. The van der Waals surface area contributed by atoms with Gasteiger partial charge in [0.05, 0.1) is 5.56 Å². The van der Waals surface area contributed by atoms with Gasteiger partial charge in [0.15, 0.2) is 0 Å². The van der Waals surface area contributed by atoms with Gasteiger partial charge < -0.3 is 5.11 Å². The molecule has 92 valence electrons. The van der Waals surface area contributed by atoms with Gasteiger partial charge in [0.1, 0.15) is 0 Å². The lowest BCUT2D eigenvalue weighted by molar-refractivity contribution is 0.0693. The zero-order valence-corrected chi connectivity index (χ0v) is 11.4. The lowest BCUT2D eigenvalue weighted by atomic mass is 10.2. The van der Waals surface area contributed by atoms with Crippen LogP contribution in [0.3, 0.4) is 0 Å². The molecule has 0 unspecified atom stereocenters. The van der Waals surface area contributed by atoms with E-state index in [1.54, 1.807) is 24.3 Å². The smallest absolute Gasteiger partial charge is 0.336 e. The molecule has 0 bridgehead atoms. The number of halogens is 2. The molecular weight excluding hydrogens is 291 g/mol. The molecule has 0 aliphatic heterocycles. The van der Waals surface area contributed by atoms with Crippen molar-refractivity contribution in [1.82, 2.24) is 0 Å². The van der Waals surface area contributed by atoms with Crippen molar-refractivity contribution in [1.29, 1.82) is 0 Å². The third-order valence-electron chi connectivity index (χ3n) is 2.20. The van der Waals surface area contributed by atoms with E-state index in [0.717, 1.165) is 4.90 Å². The monoisotopic (exact) mass is 298 g/mol. The van der Waals surface area contributed by atoms with E-state index in [2.05, 4.69) is 0 Å². The number of hydrogen-bond acceptors (Lipinski definition) is 2. The molecule has 2 aromatic carbocycles. The number of hydrogen-bond donors (Lipinski definition) is 1. The van der Waals surface area contributed by atoms with Crippen LogP contribution in [0.15, 0.2) is 52.3 Å². The largest absolute Gasteiger partial charge is 0.478 e. The fourth-order valence-corrected chi connectivity index (χ4v) is 2.82. The molecule has 0 aliphatic rings. The van der Waals surface area contributed by atoms with Crippen LogP contribution in [0.25, 0.3) is 0 Å². The Morgan fingerprint density at radius 2 is 1.78 bits per heavy atom. The zero-order chi connectivity index (χ0) is 13.1. The minimum Gasteiger partial charge on any atom is -0.478 e. The Morgan fingerprint density at radius 3 is 2.44 bits per heavy atom. The summed E-state index contributed by atoms with van der Waals surface area (Å²) in [6.07, 6.45) is 0. The summed E-state index contributed by atoms with van der Waals surface area (Å²) in [5.41, 5.74) is 0.187. The maximum Gasteiger partial charge on any atom is 0.336 e. The Balaban J connectivity index is 2.37. The van der Waals surface area contributed by atoms with Gasteiger partial charge >= 0.3 is 5.97 Å². The maximum absolute atomic E-state index is 11.1. The molecule has 5 heteroatoms. The first kappa shape index (κ1) is 13.3. The molecule has 0 saturated carbocycles. The highest BCUT2D eigenvalue weighted by Gasteiger charge is 2.12. The molecule has 18 heavy (non-hydrogen) atoms. The number of rotatable bonds is 3. The number of carboxylic acids is 1. The van der Waals surface area contributed by atoms with Gasteiger partial charge in [0, 0.05) is 19.8 Å². The van der Waals surface area contributed by atoms with Crippen LogP contribution in [0.4, 0.5) is 0 Å². The summed E-state index contributed by atoms with van der Waals surface area (Å²) in [5, 5.41) is 10.1. The second-order valence-electron chi connectivity index (χ2n) is 3.51. The minimum atomic E-state index is -0.998. The van der Waals surface area contributed by atoms with Crippen LogP contribution in [0, 0.1) is 0 Å². The molecule has 0 aromatic heterocycles. The standard InChI is InChI=1S/C13H8Cl2O2S/c14-8-2-1-3-10(6-8)18-12-5-4-9(15)7-11(12)13(16)17/h1-7H,(H,16,17). The van der Waals surface area contributed by atoms with E-state index >= 15 is 0 Å². The average molecular weight is 299 g/mol. The second kappa shape index (κ2) is 5.65. The zero-order valence-electron chi connectivity index (χ0n) is 9.06. The van der Waals surface area contributed by atoms with Gasteiger partial charge in [-0.2, -0.15) is 0 Å². The topological polar surface area (TPSA) is 37.3 Å². The average Bonchev–Trinajstić information content (AvgIpc) is 2.31. The van der Waals surface area contributed by atoms with E-state index in [4.69, 9.17) is 28.3 Å². The Morgan fingerprint density at radius 1 is 1.06 bits per heavy atom. The summed E-state index contributed by atoms with van der Waals surface area (Å²) in [6.45, 7) is 0. The Bertz CT molecular complexity index is 599. The van der Waals surface area contributed by atoms with Crippen LogP contribution in [-0.2, 0) is 0 Å². The van der Waals surface area contributed by atoms with E-state index in [0.29, 0.717) is 14.9 Å². The summed E-state index contributed by atoms with van der Waals surface area (Å²) >= 11 is 13.0. The van der Waals surface area contributed by atoms with Crippen molar-refractivity contribution < 1.29 is 9.90 Å². The molecular formula is C13H8Cl2O2S. The van der Waals surface area contributed by atoms with Crippen molar-refractivity contribution in [2.75, 3.05) is 0 Å². The maximum atomic E-state index is 11.1. The van der Waals surface area contributed by atoms with Crippen LogP contribution in [-0.4, -0.2) is 11.1 Å². The van der Waals surface area contributed by atoms with Crippen molar-refractivity contribution in [3.05, 3.63) is 58.1 Å². The van der Waals surface area contributed by atoms with Crippen LogP contribution in [0.5, 0.6) is 0 Å². The van der Waals surface area contributed by atoms with Crippen LogP contribution < -0.4 is 0 Å². The van der Waals surface area contributed by atoms with Crippen LogP contribution in [0.1, 0.15) is 10.4 Å². The number of carboxylic acid groups (broad SMARTS) is 1. The first-order chi connectivity index (χ1) is 8.56.